The number of benzene rings is 2. The first-order chi connectivity index (χ1) is 14.8. The summed E-state index contributed by atoms with van der Waals surface area (Å²) in [6.45, 7) is 5.09. The average Bonchev–Trinajstić information content (AvgIpc) is 3.24. The van der Waals surface area contributed by atoms with E-state index in [9.17, 15) is 18.0 Å². The minimum absolute atomic E-state index is 0.109. The van der Waals surface area contributed by atoms with Crippen molar-refractivity contribution in [1.82, 2.24) is 10.2 Å². The van der Waals surface area contributed by atoms with E-state index >= 15 is 0 Å². The molecule has 2 amide bonds. The van der Waals surface area contributed by atoms with Crippen molar-refractivity contribution >= 4 is 27.5 Å². The van der Waals surface area contributed by atoms with Crippen LogP contribution >= 0.6 is 0 Å². The molecule has 7 nitrogen and oxygen atoms in total. The Morgan fingerprint density at radius 3 is 2.39 bits per heavy atom. The largest absolute Gasteiger partial charge is 0.354 e. The minimum atomic E-state index is -3.71. The highest BCUT2D eigenvalue weighted by atomic mass is 32.2. The van der Waals surface area contributed by atoms with E-state index in [1.165, 1.54) is 0 Å². The first kappa shape index (κ1) is 22.8. The van der Waals surface area contributed by atoms with Crippen molar-refractivity contribution in [2.45, 2.75) is 50.5 Å². The first-order valence-electron chi connectivity index (χ1n) is 10.6. The number of rotatable bonds is 8. The molecule has 1 saturated heterocycles. The smallest absolute Gasteiger partial charge is 0.261 e. The summed E-state index contributed by atoms with van der Waals surface area (Å²) >= 11 is 0. The van der Waals surface area contributed by atoms with Crippen LogP contribution in [-0.4, -0.2) is 44.3 Å². The molecule has 2 aromatic carbocycles. The Bertz CT molecular complexity index is 1020. The number of anilines is 1. The van der Waals surface area contributed by atoms with Crippen LogP contribution in [0.15, 0.2) is 53.4 Å². The Hall–Kier alpha value is -2.87. The molecule has 0 saturated carbocycles. The maximum atomic E-state index is 12.9. The molecule has 1 fully saturated rings. The Kier molecular flexibility index (Phi) is 7.33. The molecule has 0 aromatic heterocycles. The summed E-state index contributed by atoms with van der Waals surface area (Å²) < 4.78 is 27.6. The number of hydrogen-bond acceptors (Lipinski definition) is 4. The first-order valence-corrected chi connectivity index (χ1v) is 12.1. The quantitative estimate of drug-likeness (QED) is 0.612. The number of amides is 2. The van der Waals surface area contributed by atoms with Gasteiger partial charge in [0.2, 0.25) is 5.91 Å². The molecule has 3 rings (SSSR count). The number of nitrogens with one attached hydrogen (secondary N) is 2. The second-order valence-electron chi connectivity index (χ2n) is 7.80. The van der Waals surface area contributed by atoms with Crippen molar-refractivity contribution in [3.8, 4) is 0 Å². The van der Waals surface area contributed by atoms with Crippen LogP contribution in [0.5, 0.6) is 0 Å². The highest BCUT2D eigenvalue weighted by molar-refractivity contribution is 7.92. The molecule has 8 heteroatoms. The second kappa shape index (κ2) is 9.96. The zero-order chi connectivity index (χ0) is 22.4. The van der Waals surface area contributed by atoms with E-state index in [0.717, 1.165) is 24.8 Å². The van der Waals surface area contributed by atoms with Crippen LogP contribution in [0.2, 0.25) is 0 Å². The van der Waals surface area contributed by atoms with Crippen LogP contribution in [-0.2, 0) is 14.8 Å². The van der Waals surface area contributed by atoms with E-state index < -0.39 is 16.1 Å². The molecule has 2 aromatic rings. The van der Waals surface area contributed by atoms with Crippen molar-refractivity contribution in [2.24, 2.45) is 0 Å². The zero-order valence-electron chi connectivity index (χ0n) is 17.9. The lowest BCUT2D eigenvalue weighted by molar-refractivity contribution is -0.124. The van der Waals surface area contributed by atoms with Gasteiger partial charge in [0.05, 0.1) is 4.90 Å². The van der Waals surface area contributed by atoms with Gasteiger partial charge in [-0.1, -0.05) is 31.0 Å². The summed E-state index contributed by atoms with van der Waals surface area (Å²) in [6, 6.07) is 12.4. The van der Waals surface area contributed by atoms with Gasteiger partial charge in [-0.15, -0.1) is 0 Å². The molecule has 0 bridgehead atoms. The van der Waals surface area contributed by atoms with E-state index in [1.807, 2.05) is 6.92 Å². The lowest BCUT2D eigenvalue weighted by Gasteiger charge is -2.24. The van der Waals surface area contributed by atoms with E-state index in [-0.39, 0.29) is 16.7 Å². The predicted octanol–water partition coefficient (Wildman–Crippen LogP) is 3.32. The molecule has 1 atom stereocenters. The van der Waals surface area contributed by atoms with E-state index in [1.54, 1.807) is 53.4 Å². The standard InChI is InChI=1S/C23H29N3O4S/c1-3-4-15-24-22(27)21-6-5-16-26(21)23(28)18-9-11-19(12-10-18)25-31(29,30)20-13-7-17(2)8-14-20/h7-14,21,25H,3-6,15-16H2,1-2H3,(H,24,27). The van der Waals surface area contributed by atoms with Crippen LogP contribution in [0.4, 0.5) is 5.69 Å². The van der Waals surface area contributed by atoms with Gasteiger partial charge in [0.1, 0.15) is 6.04 Å². The highest BCUT2D eigenvalue weighted by Gasteiger charge is 2.34. The summed E-state index contributed by atoms with van der Waals surface area (Å²) in [5.74, 6) is -0.331. The van der Waals surface area contributed by atoms with Crippen LogP contribution in [0.25, 0.3) is 0 Å². The molecule has 2 N–H and O–H groups in total. The molecule has 166 valence electrons. The molecule has 1 unspecified atom stereocenters. The SMILES string of the molecule is CCCCNC(=O)C1CCCN1C(=O)c1ccc(NS(=O)(=O)c2ccc(C)cc2)cc1. The second-order valence-corrected chi connectivity index (χ2v) is 9.48. The number of carbonyl (C=O) groups is 2. The normalized spacial score (nSPS) is 16.2. The molecule has 1 aliphatic heterocycles. The fraction of sp³-hybridized carbons (Fsp3) is 0.391. The van der Waals surface area contributed by atoms with Gasteiger partial charge in [-0.3, -0.25) is 14.3 Å². The maximum absolute atomic E-state index is 12.9. The highest BCUT2D eigenvalue weighted by Crippen LogP contribution is 2.22. The third kappa shape index (κ3) is 5.64. The van der Waals surface area contributed by atoms with E-state index in [4.69, 9.17) is 0 Å². The maximum Gasteiger partial charge on any atom is 0.261 e. The topological polar surface area (TPSA) is 95.6 Å². The summed E-state index contributed by atoms with van der Waals surface area (Å²) in [6.07, 6.45) is 3.34. The van der Waals surface area contributed by atoms with Crippen LogP contribution in [0.1, 0.15) is 48.5 Å². The summed E-state index contributed by atoms with van der Waals surface area (Å²) in [5, 5.41) is 2.91. The lowest BCUT2D eigenvalue weighted by Crippen LogP contribution is -2.46. The number of carbonyl (C=O) groups excluding carboxylic acids is 2. The summed E-state index contributed by atoms with van der Waals surface area (Å²) in [5.41, 5.74) is 1.76. The zero-order valence-corrected chi connectivity index (χ0v) is 18.7. The number of unbranched alkanes of at least 4 members (excludes halogenated alkanes) is 1. The Morgan fingerprint density at radius 2 is 1.74 bits per heavy atom. The monoisotopic (exact) mass is 443 g/mol. The summed E-state index contributed by atoms with van der Waals surface area (Å²) in [7, 11) is -3.71. The molecule has 1 aliphatic rings. The van der Waals surface area contributed by atoms with Crippen molar-refractivity contribution in [1.29, 1.82) is 0 Å². The van der Waals surface area contributed by atoms with E-state index in [2.05, 4.69) is 17.0 Å². The summed E-state index contributed by atoms with van der Waals surface area (Å²) in [4.78, 5) is 27.2. The third-order valence-electron chi connectivity index (χ3n) is 5.36. The predicted molar refractivity (Wildman–Crippen MR) is 120 cm³/mol. The molecule has 0 radical (unpaired) electrons. The lowest BCUT2D eigenvalue weighted by atomic mass is 10.1. The number of aryl methyl sites for hydroxylation is 1. The van der Waals surface area contributed by atoms with Gasteiger partial charge in [0.15, 0.2) is 0 Å². The van der Waals surface area contributed by atoms with Crippen LogP contribution in [0, 0.1) is 6.92 Å². The molecule has 0 aliphatic carbocycles. The fourth-order valence-electron chi connectivity index (χ4n) is 3.57. The van der Waals surface area contributed by atoms with Gasteiger partial charge < -0.3 is 10.2 Å². The van der Waals surface area contributed by atoms with Gasteiger partial charge >= 0.3 is 0 Å². The van der Waals surface area contributed by atoms with Crippen molar-refractivity contribution in [3.63, 3.8) is 0 Å². The fourth-order valence-corrected chi connectivity index (χ4v) is 4.63. The van der Waals surface area contributed by atoms with Gasteiger partial charge in [-0.25, -0.2) is 8.42 Å². The number of hydrogen-bond donors (Lipinski definition) is 2. The number of likely N-dealkylation sites (tertiary alicyclic amines) is 1. The van der Waals surface area contributed by atoms with Crippen molar-refractivity contribution in [2.75, 3.05) is 17.8 Å². The molecule has 0 spiro atoms. The number of sulfonamides is 1. The number of nitrogens with zero attached hydrogens (tertiary/aromatic N) is 1. The van der Waals surface area contributed by atoms with Crippen LogP contribution < -0.4 is 10.0 Å². The van der Waals surface area contributed by atoms with Gasteiger partial charge in [-0.2, -0.15) is 0 Å². The van der Waals surface area contributed by atoms with Crippen molar-refractivity contribution < 1.29 is 18.0 Å². The average molecular weight is 444 g/mol. The molecular formula is C23H29N3O4S. The Morgan fingerprint density at radius 1 is 1.06 bits per heavy atom. The van der Waals surface area contributed by atoms with Crippen molar-refractivity contribution in [3.05, 3.63) is 59.7 Å². The Balaban J connectivity index is 1.67. The van der Waals surface area contributed by atoms with Gasteiger partial charge in [0.25, 0.3) is 15.9 Å². The Labute approximate surface area is 183 Å². The van der Waals surface area contributed by atoms with Crippen LogP contribution in [0.3, 0.4) is 0 Å². The van der Waals surface area contributed by atoms with Gasteiger partial charge in [-0.05, 0) is 62.6 Å². The van der Waals surface area contributed by atoms with E-state index in [0.29, 0.717) is 30.8 Å². The molecule has 31 heavy (non-hydrogen) atoms. The minimum Gasteiger partial charge on any atom is -0.354 e. The van der Waals surface area contributed by atoms with Gasteiger partial charge in [0, 0.05) is 24.3 Å². The molecule has 1 heterocycles. The molecular weight excluding hydrogens is 414 g/mol. The third-order valence-corrected chi connectivity index (χ3v) is 6.76.